The fourth-order valence-corrected chi connectivity index (χ4v) is 4.99. The molecule has 2 saturated heterocycles. The quantitative estimate of drug-likeness (QED) is 0.878. The lowest BCUT2D eigenvalue weighted by atomic mass is 9.79. The topological polar surface area (TPSA) is 35.6 Å². The molecule has 0 saturated carbocycles. The minimum atomic E-state index is -0.117. The third-order valence-corrected chi connectivity index (χ3v) is 6.64. The molecule has 1 N–H and O–H groups in total. The van der Waals surface area contributed by atoms with Crippen molar-refractivity contribution in [3.05, 3.63) is 28.8 Å². The second-order valence-corrected chi connectivity index (χ2v) is 8.44. The number of fused-ring (bicyclic) bond motifs is 1. The molecule has 5 heteroatoms. The van der Waals surface area contributed by atoms with Crippen LogP contribution in [-0.2, 0) is 11.2 Å². The molecule has 1 aromatic rings. The molecule has 0 aliphatic carbocycles. The van der Waals surface area contributed by atoms with Crippen LogP contribution in [0.2, 0.25) is 5.02 Å². The average molecular weight is 362 g/mol. The highest BCUT2D eigenvalue weighted by molar-refractivity contribution is 6.30. The number of carbonyl (C=O) groups is 1. The predicted octanol–water partition coefficient (Wildman–Crippen LogP) is 3.26. The minimum absolute atomic E-state index is 0.117. The van der Waals surface area contributed by atoms with Crippen LogP contribution >= 0.6 is 11.6 Å². The zero-order chi connectivity index (χ0) is 17.4. The van der Waals surface area contributed by atoms with Gasteiger partial charge in [0.05, 0.1) is 0 Å². The number of carbonyl (C=O) groups excluding carboxylic acids is 1. The van der Waals surface area contributed by atoms with Crippen molar-refractivity contribution in [3.63, 3.8) is 0 Å². The SMILES string of the molecule is CN1CCC(C2CCN(C(=O)C3Cc4cc(Cl)ccc4N3)CC2)CC1. The molecule has 2 fully saturated rings. The van der Waals surface area contributed by atoms with Gasteiger partial charge in [0.25, 0.3) is 0 Å². The molecule has 1 atom stereocenters. The molecule has 0 radical (unpaired) electrons. The molecule has 1 unspecified atom stereocenters. The van der Waals surface area contributed by atoms with E-state index in [2.05, 4.69) is 22.2 Å². The Kier molecular flexibility index (Phi) is 4.92. The molecule has 1 aromatic carbocycles. The minimum Gasteiger partial charge on any atom is -0.373 e. The van der Waals surface area contributed by atoms with E-state index in [-0.39, 0.29) is 11.9 Å². The highest BCUT2D eigenvalue weighted by Crippen LogP contribution is 2.33. The summed E-state index contributed by atoms with van der Waals surface area (Å²) in [6.45, 7) is 4.31. The Morgan fingerprint density at radius 3 is 2.40 bits per heavy atom. The van der Waals surface area contributed by atoms with Crippen molar-refractivity contribution in [1.82, 2.24) is 9.80 Å². The van der Waals surface area contributed by atoms with Gasteiger partial charge in [-0.1, -0.05) is 11.6 Å². The van der Waals surface area contributed by atoms with Crippen LogP contribution < -0.4 is 5.32 Å². The van der Waals surface area contributed by atoms with Gasteiger partial charge in [-0.2, -0.15) is 0 Å². The molecule has 1 amide bonds. The van der Waals surface area contributed by atoms with Crippen LogP contribution in [0.5, 0.6) is 0 Å². The number of nitrogens with zero attached hydrogens (tertiary/aromatic N) is 2. The summed E-state index contributed by atoms with van der Waals surface area (Å²) in [6.07, 6.45) is 5.76. The van der Waals surface area contributed by atoms with Crippen molar-refractivity contribution in [3.8, 4) is 0 Å². The highest BCUT2D eigenvalue weighted by atomic mass is 35.5. The number of rotatable bonds is 2. The summed E-state index contributed by atoms with van der Waals surface area (Å²) in [5.41, 5.74) is 2.22. The summed E-state index contributed by atoms with van der Waals surface area (Å²) >= 11 is 6.07. The van der Waals surface area contributed by atoms with Crippen molar-refractivity contribution >= 4 is 23.2 Å². The van der Waals surface area contributed by atoms with Crippen molar-refractivity contribution in [2.24, 2.45) is 11.8 Å². The lowest BCUT2D eigenvalue weighted by Crippen LogP contribution is -2.47. The molecule has 3 heterocycles. The molecule has 3 aliphatic rings. The normalized spacial score (nSPS) is 25.7. The second-order valence-electron chi connectivity index (χ2n) is 8.01. The number of piperidine rings is 2. The highest BCUT2D eigenvalue weighted by Gasteiger charge is 2.34. The van der Waals surface area contributed by atoms with Gasteiger partial charge in [0.2, 0.25) is 5.91 Å². The second kappa shape index (κ2) is 7.16. The molecular weight excluding hydrogens is 334 g/mol. The Morgan fingerprint density at radius 1 is 1.08 bits per heavy atom. The maximum absolute atomic E-state index is 12.9. The number of likely N-dealkylation sites (tertiary alicyclic amines) is 2. The van der Waals surface area contributed by atoms with Gasteiger partial charge in [-0.15, -0.1) is 0 Å². The standard InChI is InChI=1S/C20H28ClN3O/c1-23-8-4-14(5-9-23)15-6-10-24(11-7-15)20(25)19-13-16-12-17(21)2-3-18(16)22-19/h2-3,12,14-15,19,22H,4-11,13H2,1H3. The van der Waals surface area contributed by atoms with E-state index >= 15 is 0 Å². The van der Waals surface area contributed by atoms with Crippen molar-refractivity contribution in [2.45, 2.75) is 38.1 Å². The number of halogens is 1. The number of nitrogens with one attached hydrogen (secondary N) is 1. The summed E-state index contributed by atoms with van der Waals surface area (Å²) in [4.78, 5) is 17.4. The first-order chi connectivity index (χ1) is 12.1. The molecule has 0 aromatic heterocycles. The lowest BCUT2D eigenvalue weighted by Gasteiger charge is -2.40. The lowest BCUT2D eigenvalue weighted by molar-refractivity contribution is -0.133. The number of anilines is 1. The molecule has 0 bridgehead atoms. The van der Waals surface area contributed by atoms with Gasteiger partial charge in [-0.25, -0.2) is 0 Å². The monoisotopic (exact) mass is 361 g/mol. The van der Waals surface area contributed by atoms with E-state index in [0.717, 1.165) is 47.6 Å². The number of hydrogen-bond acceptors (Lipinski definition) is 3. The Hall–Kier alpha value is -1.26. The van der Waals surface area contributed by atoms with Crippen LogP contribution in [0.25, 0.3) is 0 Å². The molecule has 136 valence electrons. The number of benzene rings is 1. The Morgan fingerprint density at radius 2 is 1.72 bits per heavy atom. The van der Waals surface area contributed by atoms with Gasteiger partial charge >= 0.3 is 0 Å². The van der Waals surface area contributed by atoms with E-state index in [1.807, 2.05) is 18.2 Å². The third-order valence-electron chi connectivity index (χ3n) is 6.40. The molecule has 4 nitrogen and oxygen atoms in total. The number of hydrogen-bond donors (Lipinski definition) is 1. The summed E-state index contributed by atoms with van der Waals surface area (Å²) in [5, 5.41) is 4.13. The van der Waals surface area contributed by atoms with E-state index in [1.165, 1.54) is 38.8 Å². The first-order valence-corrected chi connectivity index (χ1v) is 10.0. The summed E-state index contributed by atoms with van der Waals surface area (Å²) in [6, 6.07) is 5.72. The van der Waals surface area contributed by atoms with Crippen LogP contribution in [-0.4, -0.2) is 55.0 Å². The van der Waals surface area contributed by atoms with Gasteiger partial charge in [0.15, 0.2) is 0 Å². The largest absolute Gasteiger partial charge is 0.373 e. The fourth-order valence-electron chi connectivity index (χ4n) is 4.79. The predicted molar refractivity (Wildman–Crippen MR) is 102 cm³/mol. The summed E-state index contributed by atoms with van der Waals surface area (Å²) < 4.78 is 0. The van der Waals surface area contributed by atoms with Gasteiger partial charge in [-0.05, 0) is 81.4 Å². The first-order valence-electron chi connectivity index (χ1n) is 9.62. The number of amides is 1. The van der Waals surface area contributed by atoms with Crippen LogP contribution in [0, 0.1) is 11.8 Å². The fraction of sp³-hybridized carbons (Fsp3) is 0.650. The van der Waals surface area contributed by atoms with Crippen LogP contribution in [0.3, 0.4) is 0 Å². The van der Waals surface area contributed by atoms with E-state index in [4.69, 9.17) is 11.6 Å². The van der Waals surface area contributed by atoms with Gasteiger partial charge in [0.1, 0.15) is 6.04 Å². The zero-order valence-electron chi connectivity index (χ0n) is 15.0. The Balaban J connectivity index is 1.30. The Labute approximate surface area is 155 Å². The van der Waals surface area contributed by atoms with Gasteiger partial charge in [-0.3, -0.25) is 4.79 Å². The van der Waals surface area contributed by atoms with Crippen LogP contribution in [0.4, 0.5) is 5.69 Å². The third kappa shape index (κ3) is 3.65. The van der Waals surface area contributed by atoms with Crippen molar-refractivity contribution in [2.75, 3.05) is 38.5 Å². The van der Waals surface area contributed by atoms with E-state index in [0.29, 0.717) is 0 Å². The average Bonchev–Trinajstić information content (AvgIpc) is 3.05. The van der Waals surface area contributed by atoms with E-state index in [9.17, 15) is 4.79 Å². The van der Waals surface area contributed by atoms with Crippen LogP contribution in [0.15, 0.2) is 18.2 Å². The summed E-state index contributed by atoms with van der Waals surface area (Å²) in [5.74, 6) is 1.93. The molecule has 0 spiro atoms. The molecule has 4 rings (SSSR count). The molecule has 3 aliphatic heterocycles. The van der Waals surface area contributed by atoms with E-state index in [1.54, 1.807) is 0 Å². The zero-order valence-corrected chi connectivity index (χ0v) is 15.8. The summed E-state index contributed by atoms with van der Waals surface area (Å²) in [7, 11) is 2.22. The van der Waals surface area contributed by atoms with Crippen molar-refractivity contribution < 1.29 is 4.79 Å². The Bertz CT molecular complexity index is 634. The van der Waals surface area contributed by atoms with Crippen LogP contribution in [0.1, 0.15) is 31.2 Å². The van der Waals surface area contributed by atoms with Gasteiger partial charge < -0.3 is 15.1 Å². The van der Waals surface area contributed by atoms with Gasteiger partial charge in [0, 0.05) is 30.2 Å². The first kappa shape index (κ1) is 17.2. The maximum atomic E-state index is 12.9. The molecular formula is C20H28ClN3O. The maximum Gasteiger partial charge on any atom is 0.245 e. The smallest absolute Gasteiger partial charge is 0.245 e. The molecule has 25 heavy (non-hydrogen) atoms. The van der Waals surface area contributed by atoms with E-state index < -0.39 is 0 Å². The van der Waals surface area contributed by atoms with Crippen molar-refractivity contribution in [1.29, 1.82) is 0 Å².